The van der Waals surface area contributed by atoms with Crippen LogP contribution in [0, 0.1) is 24.5 Å². The van der Waals surface area contributed by atoms with Gasteiger partial charge in [-0.05, 0) is 48.9 Å². The molecule has 5 rings (SSSR count). The lowest BCUT2D eigenvalue weighted by Gasteiger charge is -2.42. The van der Waals surface area contributed by atoms with Gasteiger partial charge in [-0.1, -0.05) is 6.07 Å². The molecule has 1 fully saturated rings. The van der Waals surface area contributed by atoms with E-state index in [1.807, 2.05) is 13.0 Å². The average Bonchev–Trinajstić information content (AvgIpc) is 3.09. The Morgan fingerprint density at radius 3 is 2.63 bits per heavy atom. The number of hydrogen-bond acceptors (Lipinski definition) is 4. The number of rotatable bonds is 4. The van der Waals surface area contributed by atoms with Gasteiger partial charge in [-0.3, -0.25) is 4.98 Å². The molecule has 0 saturated carbocycles. The number of fused-ring (bicyclic) bond motifs is 1. The number of nitrogens with zero attached hydrogens (tertiary/aromatic N) is 3. The van der Waals surface area contributed by atoms with Gasteiger partial charge in [0.05, 0.1) is 22.3 Å². The predicted molar refractivity (Wildman–Crippen MR) is 114 cm³/mol. The lowest BCUT2D eigenvalue weighted by Crippen LogP contribution is -2.50. The standard InChI is InChI=1S/C23H21F2N5/c1-13-4-15(6-17(25)5-13)18-9-27-10-19(22(18)30-11-14(8-26)12-30)23-28-20-3-2-16(24)7-21(20)29-23/h2-7,9-10,14H,8,11-12,26H2,1H3,(H,28,29). The van der Waals surface area contributed by atoms with Crippen LogP contribution in [0.15, 0.2) is 48.8 Å². The van der Waals surface area contributed by atoms with Crippen molar-refractivity contribution in [1.29, 1.82) is 0 Å². The van der Waals surface area contributed by atoms with E-state index in [-0.39, 0.29) is 11.6 Å². The van der Waals surface area contributed by atoms with Crippen LogP contribution in [0.5, 0.6) is 0 Å². The fraction of sp³-hybridized carbons (Fsp3) is 0.217. The van der Waals surface area contributed by atoms with Gasteiger partial charge in [0.1, 0.15) is 17.5 Å². The van der Waals surface area contributed by atoms with Gasteiger partial charge in [0, 0.05) is 43.0 Å². The number of aryl methyl sites for hydroxylation is 1. The fourth-order valence-electron chi connectivity index (χ4n) is 4.08. The third-order valence-corrected chi connectivity index (χ3v) is 5.58. The quantitative estimate of drug-likeness (QED) is 0.532. The summed E-state index contributed by atoms with van der Waals surface area (Å²) in [5, 5.41) is 0. The molecule has 0 aliphatic carbocycles. The summed E-state index contributed by atoms with van der Waals surface area (Å²) in [6.07, 6.45) is 3.50. The molecule has 4 aromatic rings. The monoisotopic (exact) mass is 405 g/mol. The van der Waals surface area contributed by atoms with E-state index in [1.165, 1.54) is 24.3 Å². The van der Waals surface area contributed by atoms with Crippen molar-refractivity contribution in [3.8, 4) is 22.5 Å². The van der Waals surface area contributed by atoms with Gasteiger partial charge in [-0.25, -0.2) is 13.8 Å². The number of aromatic amines is 1. The second-order valence-corrected chi connectivity index (χ2v) is 7.85. The molecule has 0 radical (unpaired) electrons. The van der Waals surface area contributed by atoms with Gasteiger partial charge >= 0.3 is 0 Å². The maximum absolute atomic E-state index is 14.2. The smallest absolute Gasteiger partial charge is 0.142 e. The van der Waals surface area contributed by atoms with E-state index in [9.17, 15) is 8.78 Å². The lowest BCUT2D eigenvalue weighted by molar-refractivity contribution is 0.421. The maximum atomic E-state index is 14.2. The average molecular weight is 405 g/mol. The Bertz CT molecular complexity index is 1220. The van der Waals surface area contributed by atoms with E-state index >= 15 is 0 Å². The molecule has 152 valence electrons. The van der Waals surface area contributed by atoms with E-state index in [1.54, 1.807) is 18.5 Å². The number of H-pyrrole nitrogens is 1. The number of nitrogens with one attached hydrogen (secondary N) is 1. The minimum Gasteiger partial charge on any atom is -0.370 e. The Hall–Kier alpha value is -3.32. The summed E-state index contributed by atoms with van der Waals surface area (Å²) in [6.45, 7) is 4.11. The second kappa shape index (κ2) is 7.18. The third-order valence-electron chi connectivity index (χ3n) is 5.58. The topological polar surface area (TPSA) is 70.8 Å². The van der Waals surface area contributed by atoms with Crippen molar-refractivity contribution in [2.24, 2.45) is 11.7 Å². The molecule has 1 saturated heterocycles. The SMILES string of the molecule is Cc1cc(F)cc(-c2cncc(-c3nc4cc(F)ccc4[nH]3)c2N2CC(CN)C2)c1. The van der Waals surface area contributed by atoms with E-state index in [4.69, 9.17) is 5.73 Å². The van der Waals surface area contributed by atoms with Crippen LogP contribution in [0.2, 0.25) is 0 Å². The molecule has 0 unspecified atom stereocenters. The van der Waals surface area contributed by atoms with Crippen molar-refractivity contribution in [2.45, 2.75) is 6.92 Å². The summed E-state index contributed by atoms with van der Waals surface area (Å²) < 4.78 is 27.8. The molecule has 30 heavy (non-hydrogen) atoms. The summed E-state index contributed by atoms with van der Waals surface area (Å²) in [5.74, 6) is 0.391. The van der Waals surface area contributed by atoms with Gasteiger partial charge in [0.25, 0.3) is 0 Å². The van der Waals surface area contributed by atoms with Crippen LogP contribution in [0.4, 0.5) is 14.5 Å². The molecule has 1 aliphatic rings. The first-order valence-electron chi connectivity index (χ1n) is 9.88. The lowest BCUT2D eigenvalue weighted by atomic mass is 9.94. The van der Waals surface area contributed by atoms with Gasteiger partial charge in [0.15, 0.2) is 0 Å². The van der Waals surface area contributed by atoms with Crippen molar-refractivity contribution in [3.63, 3.8) is 0 Å². The number of pyridine rings is 1. The number of anilines is 1. The van der Waals surface area contributed by atoms with Gasteiger partial charge in [-0.15, -0.1) is 0 Å². The Morgan fingerprint density at radius 2 is 1.87 bits per heavy atom. The van der Waals surface area contributed by atoms with Crippen LogP contribution < -0.4 is 10.6 Å². The summed E-state index contributed by atoms with van der Waals surface area (Å²) in [7, 11) is 0. The summed E-state index contributed by atoms with van der Waals surface area (Å²) in [6, 6.07) is 9.44. The Labute approximate surface area is 172 Å². The van der Waals surface area contributed by atoms with Gasteiger partial charge in [-0.2, -0.15) is 0 Å². The number of hydrogen-bond donors (Lipinski definition) is 2. The van der Waals surface area contributed by atoms with Gasteiger partial charge in [0.2, 0.25) is 0 Å². The third kappa shape index (κ3) is 3.21. The van der Waals surface area contributed by atoms with E-state index in [0.29, 0.717) is 23.8 Å². The highest BCUT2D eigenvalue weighted by Gasteiger charge is 2.30. The fourth-order valence-corrected chi connectivity index (χ4v) is 4.08. The van der Waals surface area contributed by atoms with E-state index in [2.05, 4.69) is 19.9 Å². The molecule has 5 nitrogen and oxygen atoms in total. The van der Waals surface area contributed by atoms with Crippen LogP contribution in [0.3, 0.4) is 0 Å². The molecule has 3 N–H and O–H groups in total. The van der Waals surface area contributed by atoms with E-state index in [0.717, 1.165) is 46.5 Å². The molecule has 0 amide bonds. The molecule has 0 bridgehead atoms. The second-order valence-electron chi connectivity index (χ2n) is 7.85. The predicted octanol–water partition coefficient (Wildman–Crippen LogP) is 4.27. The van der Waals surface area contributed by atoms with E-state index < -0.39 is 0 Å². The largest absolute Gasteiger partial charge is 0.370 e. The van der Waals surface area contributed by atoms with Crippen molar-refractivity contribution in [1.82, 2.24) is 15.0 Å². The van der Waals surface area contributed by atoms with Crippen LogP contribution in [-0.4, -0.2) is 34.6 Å². The molecule has 2 aromatic heterocycles. The Balaban J connectivity index is 1.70. The summed E-state index contributed by atoms with van der Waals surface area (Å²) in [5.41, 5.74) is 11.3. The number of halogens is 2. The first kappa shape index (κ1) is 18.7. The van der Waals surface area contributed by atoms with Crippen LogP contribution >= 0.6 is 0 Å². The van der Waals surface area contributed by atoms with Gasteiger partial charge < -0.3 is 15.6 Å². The molecular formula is C23H21F2N5. The highest BCUT2D eigenvalue weighted by Crippen LogP contribution is 2.41. The maximum Gasteiger partial charge on any atom is 0.142 e. The summed E-state index contributed by atoms with van der Waals surface area (Å²) in [4.78, 5) is 14.5. The van der Waals surface area contributed by atoms with Crippen LogP contribution in [-0.2, 0) is 0 Å². The van der Waals surface area contributed by atoms with Crippen LogP contribution in [0.25, 0.3) is 33.5 Å². The highest BCUT2D eigenvalue weighted by atomic mass is 19.1. The van der Waals surface area contributed by atoms with Crippen molar-refractivity contribution in [2.75, 3.05) is 24.5 Å². The zero-order chi connectivity index (χ0) is 20.8. The van der Waals surface area contributed by atoms with Crippen LogP contribution in [0.1, 0.15) is 5.56 Å². The normalized spacial score (nSPS) is 14.3. The van der Waals surface area contributed by atoms with Crippen molar-refractivity contribution >= 4 is 16.7 Å². The molecule has 0 spiro atoms. The zero-order valence-corrected chi connectivity index (χ0v) is 16.5. The number of imidazole rings is 1. The van der Waals surface area contributed by atoms with Crippen molar-refractivity contribution < 1.29 is 8.78 Å². The summed E-state index contributed by atoms with van der Waals surface area (Å²) >= 11 is 0. The molecular weight excluding hydrogens is 384 g/mol. The first-order chi connectivity index (χ1) is 14.5. The minimum absolute atomic E-state index is 0.288. The molecule has 0 atom stereocenters. The first-order valence-corrected chi connectivity index (χ1v) is 9.88. The molecule has 3 heterocycles. The molecule has 2 aromatic carbocycles. The Kier molecular flexibility index (Phi) is 4.47. The highest BCUT2D eigenvalue weighted by molar-refractivity contribution is 5.91. The minimum atomic E-state index is -0.337. The molecule has 1 aliphatic heterocycles. The number of nitrogens with two attached hydrogens (primary N) is 1. The zero-order valence-electron chi connectivity index (χ0n) is 16.5. The number of benzene rings is 2. The number of aromatic nitrogens is 3. The molecule has 7 heteroatoms. The van der Waals surface area contributed by atoms with Crippen molar-refractivity contribution in [3.05, 3.63) is 66.0 Å². The Morgan fingerprint density at radius 1 is 1.07 bits per heavy atom.